The van der Waals surface area contributed by atoms with Crippen molar-refractivity contribution in [1.82, 2.24) is 4.90 Å². The lowest BCUT2D eigenvalue weighted by Crippen LogP contribution is -2.54. The molecule has 0 aromatic heterocycles. The standard InChI is InChI=1S/C17H27NO2/c1-4-16(9-15-7-5-14(2)6-8-15)18(3)10-17(11-19)12-20-13-17/h5-8,16,19H,4,9-13H2,1-3H3. The highest BCUT2D eigenvalue weighted by Gasteiger charge is 2.39. The zero-order chi connectivity index (χ0) is 14.6. The van der Waals surface area contributed by atoms with Crippen LogP contribution in [0.2, 0.25) is 0 Å². The van der Waals surface area contributed by atoms with Gasteiger partial charge in [-0.2, -0.15) is 0 Å². The molecule has 1 aromatic carbocycles. The van der Waals surface area contributed by atoms with Gasteiger partial charge < -0.3 is 14.7 Å². The van der Waals surface area contributed by atoms with E-state index in [1.165, 1.54) is 11.1 Å². The molecule has 1 unspecified atom stereocenters. The number of rotatable bonds is 7. The minimum Gasteiger partial charge on any atom is -0.396 e. The van der Waals surface area contributed by atoms with Gasteiger partial charge in [0.2, 0.25) is 0 Å². The molecule has 1 aliphatic rings. The fraction of sp³-hybridized carbons (Fsp3) is 0.647. The molecular formula is C17H27NO2. The van der Waals surface area contributed by atoms with Gasteiger partial charge in [0.1, 0.15) is 0 Å². The van der Waals surface area contributed by atoms with E-state index in [2.05, 4.69) is 50.1 Å². The molecule has 1 fully saturated rings. The van der Waals surface area contributed by atoms with E-state index < -0.39 is 0 Å². The van der Waals surface area contributed by atoms with Crippen LogP contribution in [-0.4, -0.2) is 49.5 Å². The Bertz CT molecular complexity index is 406. The molecule has 2 rings (SSSR count). The summed E-state index contributed by atoms with van der Waals surface area (Å²) in [5, 5.41) is 9.55. The van der Waals surface area contributed by atoms with Crippen LogP contribution < -0.4 is 0 Å². The van der Waals surface area contributed by atoms with Crippen LogP contribution in [0, 0.1) is 12.3 Å². The molecule has 1 aliphatic heterocycles. The van der Waals surface area contributed by atoms with E-state index in [-0.39, 0.29) is 12.0 Å². The van der Waals surface area contributed by atoms with Gasteiger partial charge in [-0.15, -0.1) is 0 Å². The number of nitrogens with zero attached hydrogens (tertiary/aromatic N) is 1. The van der Waals surface area contributed by atoms with Gasteiger partial charge in [0, 0.05) is 12.6 Å². The molecule has 0 aliphatic carbocycles. The first-order valence-corrected chi connectivity index (χ1v) is 7.53. The molecule has 3 heteroatoms. The van der Waals surface area contributed by atoms with Crippen molar-refractivity contribution < 1.29 is 9.84 Å². The van der Waals surface area contributed by atoms with Gasteiger partial charge in [0.15, 0.2) is 0 Å². The van der Waals surface area contributed by atoms with Crippen molar-refractivity contribution in [2.75, 3.05) is 33.4 Å². The molecule has 3 nitrogen and oxygen atoms in total. The number of aryl methyl sites for hydroxylation is 1. The summed E-state index contributed by atoms with van der Waals surface area (Å²) in [6.45, 7) is 6.86. The Labute approximate surface area is 122 Å². The highest BCUT2D eigenvalue weighted by molar-refractivity contribution is 5.22. The summed E-state index contributed by atoms with van der Waals surface area (Å²) >= 11 is 0. The van der Waals surface area contributed by atoms with Gasteiger partial charge in [-0.05, 0) is 32.4 Å². The summed E-state index contributed by atoms with van der Waals surface area (Å²) < 4.78 is 5.29. The second-order valence-electron chi connectivity index (χ2n) is 6.32. The highest BCUT2D eigenvalue weighted by Crippen LogP contribution is 2.28. The topological polar surface area (TPSA) is 32.7 Å². The van der Waals surface area contributed by atoms with E-state index in [9.17, 15) is 5.11 Å². The molecule has 0 saturated carbocycles. The third kappa shape index (κ3) is 3.60. The molecule has 1 aromatic rings. The second-order valence-corrected chi connectivity index (χ2v) is 6.32. The second kappa shape index (κ2) is 6.70. The summed E-state index contributed by atoms with van der Waals surface area (Å²) in [6, 6.07) is 9.32. The number of likely N-dealkylation sites (N-methyl/N-ethyl adjacent to an activating group) is 1. The predicted octanol–water partition coefficient (Wildman–Crippen LogP) is 2.26. The maximum Gasteiger partial charge on any atom is 0.0579 e. The molecule has 112 valence electrons. The van der Waals surface area contributed by atoms with E-state index in [1.807, 2.05) is 0 Å². The molecule has 0 bridgehead atoms. The fourth-order valence-electron chi connectivity index (χ4n) is 2.89. The monoisotopic (exact) mass is 277 g/mol. The summed E-state index contributed by atoms with van der Waals surface area (Å²) in [4.78, 5) is 2.39. The number of aliphatic hydroxyl groups excluding tert-OH is 1. The number of ether oxygens (including phenoxy) is 1. The molecule has 1 N–H and O–H groups in total. The molecule has 1 atom stereocenters. The molecule has 1 heterocycles. The van der Waals surface area contributed by atoms with Crippen molar-refractivity contribution in [1.29, 1.82) is 0 Å². The van der Waals surface area contributed by atoms with Crippen LogP contribution >= 0.6 is 0 Å². The van der Waals surface area contributed by atoms with E-state index in [0.29, 0.717) is 19.3 Å². The average Bonchev–Trinajstić information content (AvgIpc) is 2.42. The Hall–Kier alpha value is -0.900. The quantitative estimate of drug-likeness (QED) is 0.830. The number of hydrogen-bond acceptors (Lipinski definition) is 3. The van der Waals surface area contributed by atoms with Gasteiger partial charge >= 0.3 is 0 Å². The van der Waals surface area contributed by atoms with Crippen molar-refractivity contribution in [2.24, 2.45) is 5.41 Å². The molecule has 0 radical (unpaired) electrons. The minimum absolute atomic E-state index is 0.0323. The lowest BCUT2D eigenvalue weighted by Gasteiger charge is -2.44. The molecular weight excluding hydrogens is 250 g/mol. The van der Waals surface area contributed by atoms with Crippen LogP contribution in [0.3, 0.4) is 0 Å². The van der Waals surface area contributed by atoms with Crippen molar-refractivity contribution in [3.63, 3.8) is 0 Å². The zero-order valence-corrected chi connectivity index (χ0v) is 12.9. The molecule has 1 saturated heterocycles. The SMILES string of the molecule is CCC(Cc1ccc(C)cc1)N(C)CC1(CO)COC1. The molecule has 0 spiro atoms. The predicted molar refractivity (Wildman–Crippen MR) is 81.9 cm³/mol. The first-order chi connectivity index (χ1) is 9.58. The first kappa shape index (κ1) is 15.5. The van der Waals surface area contributed by atoms with Crippen LogP contribution in [0.4, 0.5) is 0 Å². The van der Waals surface area contributed by atoms with E-state index in [4.69, 9.17) is 4.74 Å². The summed E-state index contributed by atoms with van der Waals surface area (Å²) in [6.07, 6.45) is 2.18. The maximum absolute atomic E-state index is 9.55. The van der Waals surface area contributed by atoms with Crippen molar-refractivity contribution in [3.05, 3.63) is 35.4 Å². The number of benzene rings is 1. The Kier molecular flexibility index (Phi) is 5.19. The number of aliphatic hydroxyl groups is 1. The smallest absolute Gasteiger partial charge is 0.0579 e. The lowest BCUT2D eigenvalue weighted by molar-refractivity contribution is -0.149. The highest BCUT2D eigenvalue weighted by atomic mass is 16.5. The van der Waals surface area contributed by atoms with Gasteiger partial charge in [0.25, 0.3) is 0 Å². The summed E-state index contributed by atoms with van der Waals surface area (Å²) in [5.74, 6) is 0. The largest absolute Gasteiger partial charge is 0.396 e. The molecule has 20 heavy (non-hydrogen) atoms. The maximum atomic E-state index is 9.55. The third-order valence-corrected chi connectivity index (χ3v) is 4.42. The minimum atomic E-state index is -0.0323. The van der Waals surface area contributed by atoms with Crippen LogP contribution in [-0.2, 0) is 11.2 Å². The van der Waals surface area contributed by atoms with Gasteiger partial charge in [0.05, 0.1) is 25.2 Å². The van der Waals surface area contributed by atoms with Crippen LogP contribution in [0.15, 0.2) is 24.3 Å². The Morgan fingerprint density at radius 3 is 2.40 bits per heavy atom. The number of hydrogen-bond donors (Lipinski definition) is 1. The fourth-order valence-corrected chi connectivity index (χ4v) is 2.89. The van der Waals surface area contributed by atoms with Gasteiger partial charge in [-0.1, -0.05) is 36.8 Å². The van der Waals surface area contributed by atoms with Crippen molar-refractivity contribution >= 4 is 0 Å². The summed E-state index contributed by atoms with van der Waals surface area (Å²) in [5.41, 5.74) is 2.66. The Balaban J connectivity index is 1.95. The van der Waals surface area contributed by atoms with Crippen molar-refractivity contribution in [2.45, 2.75) is 32.7 Å². The Morgan fingerprint density at radius 1 is 1.30 bits per heavy atom. The molecule has 0 amide bonds. The van der Waals surface area contributed by atoms with Gasteiger partial charge in [-0.3, -0.25) is 0 Å². The van der Waals surface area contributed by atoms with Crippen molar-refractivity contribution in [3.8, 4) is 0 Å². The normalized spacial score (nSPS) is 18.9. The Morgan fingerprint density at radius 2 is 1.95 bits per heavy atom. The van der Waals surface area contributed by atoms with E-state index >= 15 is 0 Å². The first-order valence-electron chi connectivity index (χ1n) is 7.53. The zero-order valence-electron chi connectivity index (χ0n) is 12.9. The third-order valence-electron chi connectivity index (χ3n) is 4.42. The van der Waals surface area contributed by atoms with E-state index in [1.54, 1.807) is 0 Å². The van der Waals surface area contributed by atoms with Crippen LogP contribution in [0.1, 0.15) is 24.5 Å². The van der Waals surface area contributed by atoms with Gasteiger partial charge in [-0.25, -0.2) is 0 Å². The van der Waals surface area contributed by atoms with Crippen LogP contribution in [0.25, 0.3) is 0 Å². The summed E-state index contributed by atoms with van der Waals surface area (Å²) in [7, 11) is 2.16. The average molecular weight is 277 g/mol. The van der Waals surface area contributed by atoms with Crippen LogP contribution in [0.5, 0.6) is 0 Å². The lowest BCUT2D eigenvalue weighted by atomic mass is 9.85. The van der Waals surface area contributed by atoms with E-state index in [0.717, 1.165) is 19.4 Å².